The van der Waals surface area contributed by atoms with Gasteiger partial charge in [0.05, 0.1) is 6.10 Å². The number of hydrogen-bond donors (Lipinski definition) is 2. The van der Waals surface area contributed by atoms with E-state index in [0.717, 1.165) is 4.90 Å². The third-order valence-electron chi connectivity index (χ3n) is 4.98. The lowest BCUT2D eigenvalue weighted by Crippen LogP contribution is -2.71. The Morgan fingerprint density at radius 3 is 2.20 bits per heavy atom. The van der Waals surface area contributed by atoms with Crippen LogP contribution in [0.5, 0.6) is 0 Å². The van der Waals surface area contributed by atoms with Gasteiger partial charge in [0.15, 0.2) is 27.1 Å². The van der Waals surface area contributed by atoms with Crippen LogP contribution in [-0.4, -0.2) is 67.3 Å². The number of β-lactam (4-membered cyclic amide) rings is 1. The molecule has 1 rings (SSSR count). The van der Waals surface area contributed by atoms with E-state index in [1.807, 2.05) is 0 Å². The first-order valence-corrected chi connectivity index (χ1v) is 11.2. The van der Waals surface area contributed by atoms with Gasteiger partial charge in [0.2, 0.25) is 5.91 Å². The predicted octanol–water partition coefficient (Wildman–Crippen LogP) is 1.03. The zero-order valence-electron chi connectivity index (χ0n) is 16.3. The number of methoxy groups -OCH3 is 1. The fourth-order valence-corrected chi connectivity index (χ4v) is 3.93. The molecular weight excluding hydrogens is 346 g/mol. The SMILES string of the molecule is COC(O)C(O)N1C(=O)[C@@H]([C@@H](C)O[Si](C)(C)C(C)(C)C)[C@H]1OC(C)=O. The zero-order valence-corrected chi connectivity index (χ0v) is 17.3. The van der Waals surface area contributed by atoms with Crippen molar-refractivity contribution in [1.29, 1.82) is 0 Å². The number of aliphatic hydroxyl groups excluding tert-OH is 2. The number of ether oxygens (including phenoxy) is 2. The van der Waals surface area contributed by atoms with Crippen LogP contribution in [0.3, 0.4) is 0 Å². The van der Waals surface area contributed by atoms with E-state index in [2.05, 4.69) is 38.6 Å². The fraction of sp³-hybridized carbons (Fsp3) is 0.875. The van der Waals surface area contributed by atoms with Crippen molar-refractivity contribution in [2.24, 2.45) is 5.92 Å². The largest absolute Gasteiger partial charge is 0.441 e. The number of aliphatic hydroxyl groups is 2. The lowest BCUT2D eigenvalue weighted by Gasteiger charge is -2.51. The molecule has 0 bridgehead atoms. The summed E-state index contributed by atoms with van der Waals surface area (Å²) < 4.78 is 16.1. The number of rotatable bonds is 7. The van der Waals surface area contributed by atoms with Gasteiger partial charge in [0.1, 0.15) is 5.92 Å². The summed E-state index contributed by atoms with van der Waals surface area (Å²) in [6.45, 7) is 13.4. The van der Waals surface area contributed by atoms with Crippen molar-refractivity contribution in [3.63, 3.8) is 0 Å². The highest BCUT2D eigenvalue weighted by atomic mass is 28.4. The second-order valence-corrected chi connectivity index (χ2v) is 12.7. The van der Waals surface area contributed by atoms with Crippen LogP contribution in [0.2, 0.25) is 18.1 Å². The van der Waals surface area contributed by atoms with Crippen LogP contribution in [0.25, 0.3) is 0 Å². The minimum Gasteiger partial charge on any atom is -0.441 e. The molecule has 0 spiro atoms. The van der Waals surface area contributed by atoms with Crippen molar-refractivity contribution < 1.29 is 33.7 Å². The van der Waals surface area contributed by atoms with Crippen LogP contribution < -0.4 is 0 Å². The Labute approximate surface area is 150 Å². The average molecular weight is 378 g/mol. The van der Waals surface area contributed by atoms with E-state index in [-0.39, 0.29) is 5.04 Å². The topological polar surface area (TPSA) is 106 Å². The summed E-state index contributed by atoms with van der Waals surface area (Å²) in [5.74, 6) is -1.79. The third-order valence-corrected chi connectivity index (χ3v) is 9.56. The van der Waals surface area contributed by atoms with Crippen LogP contribution in [0.1, 0.15) is 34.6 Å². The highest BCUT2D eigenvalue weighted by molar-refractivity contribution is 6.74. The van der Waals surface area contributed by atoms with Crippen LogP contribution in [-0.2, 0) is 23.5 Å². The van der Waals surface area contributed by atoms with Gasteiger partial charge >= 0.3 is 5.97 Å². The molecule has 1 aliphatic heterocycles. The maximum atomic E-state index is 12.5. The summed E-state index contributed by atoms with van der Waals surface area (Å²) in [5.41, 5.74) is 0. The number of carbonyl (C=O) groups excluding carboxylic acids is 2. The highest BCUT2D eigenvalue weighted by Gasteiger charge is 2.57. The molecule has 0 radical (unpaired) electrons. The number of carbonyl (C=O) groups is 2. The van der Waals surface area contributed by atoms with Gasteiger partial charge in [-0.3, -0.25) is 14.5 Å². The lowest BCUT2D eigenvalue weighted by atomic mass is 9.90. The quantitative estimate of drug-likeness (QED) is 0.295. The molecule has 2 N–H and O–H groups in total. The van der Waals surface area contributed by atoms with Crippen molar-refractivity contribution in [2.45, 2.75) is 77.6 Å². The van der Waals surface area contributed by atoms with E-state index < -0.39 is 51.0 Å². The van der Waals surface area contributed by atoms with E-state index in [1.165, 1.54) is 14.0 Å². The van der Waals surface area contributed by atoms with E-state index in [9.17, 15) is 19.8 Å². The highest BCUT2D eigenvalue weighted by Crippen LogP contribution is 2.41. The first-order valence-electron chi connectivity index (χ1n) is 8.30. The molecule has 0 aromatic heterocycles. The molecule has 8 nitrogen and oxygen atoms in total. The molecule has 1 aliphatic rings. The Hall–Kier alpha value is -1.00. The molecule has 25 heavy (non-hydrogen) atoms. The summed E-state index contributed by atoms with van der Waals surface area (Å²) in [7, 11) is -0.944. The van der Waals surface area contributed by atoms with E-state index in [4.69, 9.17) is 9.16 Å². The van der Waals surface area contributed by atoms with Gasteiger partial charge in [-0.2, -0.15) is 0 Å². The molecule has 0 aliphatic carbocycles. The molecule has 0 aromatic carbocycles. The number of esters is 1. The Balaban J connectivity index is 2.98. The zero-order chi connectivity index (χ0) is 19.7. The monoisotopic (exact) mass is 377 g/mol. The van der Waals surface area contributed by atoms with Gasteiger partial charge in [-0.1, -0.05) is 20.8 Å². The Morgan fingerprint density at radius 2 is 1.80 bits per heavy atom. The van der Waals surface area contributed by atoms with Crippen molar-refractivity contribution >= 4 is 20.2 Å². The molecule has 1 heterocycles. The first-order chi connectivity index (χ1) is 11.2. The van der Waals surface area contributed by atoms with E-state index in [1.54, 1.807) is 6.92 Å². The van der Waals surface area contributed by atoms with Crippen LogP contribution in [0.15, 0.2) is 0 Å². The number of amides is 1. The second kappa shape index (κ2) is 7.71. The summed E-state index contributed by atoms with van der Waals surface area (Å²) in [6, 6.07) is 0. The normalized spacial score (nSPS) is 25.2. The second-order valence-electron chi connectivity index (χ2n) is 7.89. The Morgan fingerprint density at radius 1 is 1.28 bits per heavy atom. The fourth-order valence-electron chi connectivity index (χ4n) is 2.50. The average Bonchev–Trinajstić information content (AvgIpc) is 2.43. The van der Waals surface area contributed by atoms with Crippen LogP contribution >= 0.6 is 0 Å². The molecule has 2 unspecified atom stereocenters. The first kappa shape index (κ1) is 22.0. The molecule has 1 amide bonds. The molecule has 1 fully saturated rings. The Kier molecular flexibility index (Phi) is 6.79. The van der Waals surface area contributed by atoms with Gasteiger partial charge in [-0.25, -0.2) is 0 Å². The predicted molar refractivity (Wildman–Crippen MR) is 92.7 cm³/mol. The molecule has 9 heteroatoms. The van der Waals surface area contributed by atoms with Crippen LogP contribution in [0.4, 0.5) is 0 Å². The van der Waals surface area contributed by atoms with Gasteiger partial charge in [0, 0.05) is 14.0 Å². The maximum absolute atomic E-state index is 12.5. The van der Waals surface area contributed by atoms with E-state index >= 15 is 0 Å². The molecule has 0 saturated carbocycles. The number of nitrogens with zero attached hydrogens (tertiary/aromatic N) is 1. The standard InChI is InChI=1S/C16H31NO7Si/c1-9(24-25(7,8)16(3,4)5)11-12(19)17(13(20)15(21)22-6)14(11)23-10(2)18/h9,11,13-15,20-21H,1-8H3/t9-,11-,13?,14-,15?/m1/s1. The maximum Gasteiger partial charge on any atom is 0.304 e. The molecule has 5 atom stereocenters. The van der Waals surface area contributed by atoms with Crippen molar-refractivity contribution in [3.05, 3.63) is 0 Å². The van der Waals surface area contributed by atoms with E-state index in [0.29, 0.717) is 0 Å². The number of likely N-dealkylation sites (tertiary alicyclic amines) is 1. The molecule has 0 aromatic rings. The Bertz CT molecular complexity index is 505. The molecule has 1 saturated heterocycles. The van der Waals surface area contributed by atoms with Crippen molar-refractivity contribution in [1.82, 2.24) is 4.90 Å². The van der Waals surface area contributed by atoms with Gasteiger partial charge < -0.3 is 24.1 Å². The smallest absolute Gasteiger partial charge is 0.304 e. The lowest BCUT2D eigenvalue weighted by molar-refractivity contribution is -0.265. The minimum absolute atomic E-state index is 0.0452. The third kappa shape index (κ3) is 4.59. The number of hydrogen-bond acceptors (Lipinski definition) is 7. The molecular formula is C16H31NO7Si. The van der Waals surface area contributed by atoms with Crippen LogP contribution in [0, 0.1) is 5.92 Å². The van der Waals surface area contributed by atoms with Gasteiger partial charge in [-0.15, -0.1) is 0 Å². The summed E-state index contributed by atoms with van der Waals surface area (Å²) in [5, 5.41) is 19.6. The van der Waals surface area contributed by atoms with Crippen molar-refractivity contribution in [3.8, 4) is 0 Å². The minimum atomic E-state index is -2.14. The summed E-state index contributed by atoms with van der Waals surface area (Å²) >= 11 is 0. The van der Waals surface area contributed by atoms with Gasteiger partial charge in [0.25, 0.3) is 0 Å². The summed E-state index contributed by atoms with van der Waals surface area (Å²) in [6.07, 6.45) is -4.73. The van der Waals surface area contributed by atoms with Crippen molar-refractivity contribution in [2.75, 3.05) is 7.11 Å². The van der Waals surface area contributed by atoms with Gasteiger partial charge in [-0.05, 0) is 25.1 Å². The molecule has 146 valence electrons. The summed E-state index contributed by atoms with van der Waals surface area (Å²) in [4.78, 5) is 24.9.